The van der Waals surface area contributed by atoms with E-state index in [0.717, 1.165) is 16.8 Å². The summed E-state index contributed by atoms with van der Waals surface area (Å²) in [4.78, 5) is 17.4. The highest BCUT2D eigenvalue weighted by molar-refractivity contribution is 7.15. The molecule has 0 radical (unpaired) electrons. The molecule has 1 amide bonds. The first-order chi connectivity index (χ1) is 14.2. The third-order valence-corrected chi connectivity index (χ3v) is 5.06. The van der Waals surface area contributed by atoms with Gasteiger partial charge in [-0.2, -0.15) is 4.98 Å². The highest BCUT2D eigenvalue weighted by atomic mass is 32.1. The summed E-state index contributed by atoms with van der Waals surface area (Å²) in [5.74, 6) is 1.22. The van der Waals surface area contributed by atoms with Gasteiger partial charge >= 0.3 is 0 Å². The molecule has 2 aromatic heterocycles. The zero-order valence-corrected chi connectivity index (χ0v) is 16.6. The van der Waals surface area contributed by atoms with E-state index in [9.17, 15) is 4.79 Å². The SMILES string of the molecule is COc1ccc(/C=C/C(=O)Nc2nc3scc(-c4ccccc4)n3n2)c(OC)c1. The lowest BCUT2D eigenvalue weighted by atomic mass is 10.1. The molecule has 4 aromatic rings. The first-order valence-electron chi connectivity index (χ1n) is 8.78. The summed E-state index contributed by atoms with van der Waals surface area (Å²) in [5, 5.41) is 9.10. The van der Waals surface area contributed by atoms with Gasteiger partial charge < -0.3 is 9.47 Å². The number of methoxy groups -OCH3 is 2. The molecule has 0 fully saturated rings. The predicted molar refractivity (Wildman–Crippen MR) is 114 cm³/mol. The van der Waals surface area contributed by atoms with Crippen molar-refractivity contribution in [1.29, 1.82) is 0 Å². The second kappa shape index (κ2) is 8.15. The molecular weight excluding hydrogens is 388 g/mol. The molecule has 0 atom stereocenters. The van der Waals surface area contributed by atoms with E-state index in [-0.39, 0.29) is 11.9 Å². The molecular formula is C21H18N4O3S. The van der Waals surface area contributed by atoms with Crippen LogP contribution in [0.25, 0.3) is 22.3 Å². The number of rotatable bonds is 6. The standard InChI is InChI=1S/C21H18N4O3S/c1-27-16-10-8-15(18(12-16)28-2)9-11-19(26)22-20-23-21-25(24-20)17(13-29-21)14-6-4-3-5-7-14/h3-13H,1-2H3,(H,22,24,26)/b11-9+. The average molecular weight is 406 g/mol. The number of amides is 1. The molecule has 29 heavy (non-hydrogen) atoms. The molecule has 0 unspecified atom stereocenters. The van der Waals surface area contributed by atoms with E-state index >= 15 is 0 Å². The van der Waals surface area contributed by atoms with E-state index in [4.69, 9.17) is 9.47 Å². The topological polar surface area (TPSA) is 77.8 Å². The molecule has 0 saturated heterocycles. The van der Waals surface area contributed by atoms with Gasteiger partial charge in [0.1, 0.15) is 11.5 Å². The Morgan fingerprint density at radius 2 is 1.97 bits per heavy atom. The Balaban J connectivity index is 1.51. The number of thiazole rings is 1. The van der Waals surface area contributed by atoms with Crippen molar-refractivity contribution in [3.8, 4) is 22.8 Å². The molecule has 1 N–H and O–H groups in total. The van der Waals surface area contributed by atoms with Gasteiger partial charge in [-0.25, -0.2) is 4.52 Å². The Morgan fingerprint density at radius 3 is 2.72 bits per heavy atom. The Morgan fingerprint density at radius 1 is 1.14 bits per heavy atom. The molecule has 0 saturated carbocycles. The monoisotopic (exact) mass is 406 g/mol. The first kappa shape index (κ1) is 18.7. The number of fused-ring (bicyclic) bond motifs is 1. The quantitative estimate of drug-likeness (QED) is 0.487. The number of ether oxygens (including phenoxy) is 2. The summed E-state index contributed by atoms with van der Waals surface area (Å²) < 4.78 is 12.2. The lowest BCUT2D eigenvalue weighted by molar-refractivity contribution is -0.111. The van der Waals surface area contributed by atoms with Crippen LogP contribution >= 0.6 is 11.3 Å². The predicted octanol–water partition coefficient (Wildman–Crippen LogP) is 4.13. The van der Waals surface area contributed by atoms with Crippen LogP contribution in [0.3, 0.4) is 0 Å². The minimum Gasteiger partial charge on any atom is -0.497 e. The Kier molecular flexibility index (Phi) is 5.26. The van der Waals surface area contributed by atoms with Crippen molar-refractivity contribution in [3.05, 3.63) is 65.6 Å². The fourth-order valence-electron chi connectivity index (χ4n) is 2.82. The van der Waals surface area contributed by atoms with Gasteiger partial charge in [0, 0.05) is 28.6 Å². The van der Waals surface area contributed by atoms with Crippen LogP contribution in [0.15, 0.2) is 60.0 Å². The third kappa shape index (κ3) is 3.97. The minimum atomic E-state index is -0.331. The summed E-state index contributed by atoms with van der Waals surface area (Å²) in [6.07, 6.45) is 3.08. The van der Waals surface area contributed by atoms with Crippen LogP contribution in [-0.4, -0.2) is 34.7 Å². The first-order valence-corrected chi connectivity index (χ1v) is 9.66. The molecule has 0 spiro atoms. The molecule has 146 valence electrons. The van der Waals surface area contributed by atoms with Crippen molar-refractivity contribution in [3.63, 3.8) is 0 Å². The number of carbonyl (C=O) groups is 1. The molecule has 0 aliphatic heterocycles. The number of benzene rings is 2. The van der Waals surface area contributed by atoms with Crippen molar-refractivity contribution >= 4 is 34.2 Å². The van der Waals surface area contributed by atoms with E-state index in [1.807, 2.05) is 41.8 Å². The van der Waals surface area contributed by atoms with Crippen LogP contribution in [0, 0.1) is 0 Å². The fourth-order valence-corrected chi connectivity index (χ4v) is 3.65. The van der Waals surface area contributed by atoms with Crippen LogP contribution < -0.4 is 14.8 Å². The van der Waals surface area contributed by atoms with Crippen molar-refractivity contribution in [2.45, 2.75) is 0 Å². The molecule has 8 heteroatoms. The number of anilines is 1. The Labute approximate surface area is 171 Å². The lowest BCUT2D eigenvalue weighted by Gasteiger charge is -2.07. The Bertz CT molecular complexity index is 1180. The minimum absolute atomic E-state index is 0.255. The largest absolute Gasteiger partial charge is 0.497 e. The summed E-state index contributed by atoms with van der Waals surface area (Å²) in [6.45, 7) is 0. The highest BCUT2D eigenvalue weighted by Crippen LogP contribution is 2.26. The van der Waals surface area contributed by atoms with Crippen LogP contribution in [0.1, 0.15) is 5.56 Å². The molecule has 2 aromatic carbocycles. The Hall–Kier alpha value is -3.65. The van der Waals surface area contributed by atoms with Gasteiger partial charge in [0.25, 0.3) is 11.9 Å². The van der Waals surface area contributed by atoms with Crippen molar-refractivity contribution < 1.29 is 14.3 Å². The molecule has 0 aliphatic carbocycles. The van der Waals surface area contributed by atoms with E-state index in [0.29, 0.717) is 16.5 Å². The molecule has 4 rings (SSSR count). The number of aromatic nitrogens is 3. The maximum atomic E-state index is 12.3. The van der Waals surface area contributed by atoms with Gasteiger partial charge in [-0.05, 0) is 18.2 Å². The number of carbonyl (C=O) groups excluding carboxylic acids is 1. The highest BCUT2D eigenvalue weighted by Gasteiger charge is 2.12. The van der Waals surface area contributed by atoms with Crippen LogP contribution in [-0.2, 0) is 4.79 Å². The van der Waals surface area contributed by atoms with Crippen LogP contribution in [0.4, 0.5) is 5.95 Å². The van der Waals surface area contributed by atoms with E-state index < -0.39 is 0 Å². The van der Waals surface area contributed by atoms with Crippen LogP contribution in [0.5, 0.6) is 11.5 Å². The normalized spacial score (nSPS) is 11.1. The van der Waals surface area contributed by atoms with Crippen LogP contribution in [0.2, 0.25) is 0 Å². The zero-order valence-electron chi connectivity index (χ0n) is 15.8. The molecule has 0 bridgehead atoms. The van der Waals surface area contributed by atoms with Gasteiger partial charge in [-0.1, -0.05) is 30.3 Å². The smallest absolute Gasteiger partial charge is 0.250 e. The molecule has 0 aliphatic rings. The second-order valence-corrected chi connectivity index (χ2v) is 6.88. The molecule has 7 nitrogen and oxygen atoms in total. The van der Waals surface area contributed by atoms with Gasteiger partial charge in [-0.3, -0.25) is 10.1 Å². The number of nitrogens with zero attached hydrogens (tertiary/aromatic N) is 3. The fraction of sp³-hybridized carbons (Fsp3) is 0.0952. The maximum Gasteiger partial charge on any atom is 0.250 e. The van der Waals surface area contributed by atoms with E-state index in [1.165, 1.54) is 17.4 Å². The number of nitrogens with one attached hydrogen (secondary N) is 1. The van der Waals surface area contributed by atoms with Gasteiger partial charge in [0.2, 0.25) is 4.96 Å². The van der Waals surface area contributed by atoms with Crippen molar-refractivity contribution in [2.24, 2.45) is 0 Å². The summed E-state index contributed by atoms with van der Waals surface area (Å²) >= 11 is 1.47. The summed E-state index contributed by atoms with van der Waals surface area (Å²) in [7, 11) is 3.15. The maximum absolute atomic E-state index is 12.3. The third-order valence-electron chi connectivity index (χ3n) is 4.24. The number of hydrogen-bond donors (Lipinski definition) is 1. The van der Waals surface area contributed by atoms with E-state index in [1.54, 1.807) is 36.9 Å². The number of hydrogen-bond acceptors (Lipinski definition) is 6. The van der Waals surface area contributed by atoms with E-state index in [2.05, 4.69) is 15.4 Å². The summed E-state index contributed by atoms with van der Waals surface area (Å²) in [5.41, 5.74) is 2.72. The van der Waals surface area contributed by atoms with Gasteiger partial charge in [0.15, 0.2) is 0 Å². The zero-order chi connectivity index (χ0) is 20.2. The van der Waals surface area contributed by atoms with Crippen molar-refractivity contribution in [2.75, 3.05) is 19.5 Å². The molecule has 2 heterocycles. The second-order valence-electron chi connectivity index (χ2n) is 6.05. The summed E-state index contributed by atoms with van der Waals surface area (Å²) in [6, 6.07) is 15.3. The van der Waals surface area contributed by atoms with Crippen molar-refractivity contribution in [1.82, 2.24) is 14.6 Å². The average Bonchev–Trinajstić information content (AvgIpc) is 3.32. The van der Waals surface area contributed by atoms with Gasteiger partial charge in [-0.15, -0.1) is 16.4 Å². The van der Waals surface area contributed by atoms with Gasteiger partial charge in [0.05, 0.1) is 19.9 Å². The lowest BCUT2D eigenvalue weighted by Crippen LogP contribution is -2.09.